The summed E-state index contributed by atoms with van der Waals surface area (Å²) in [4.78, 5) is 37.7. The predicted molar refractivity (Wildman–Crippen MR) is 323 cm³/mol. The molecule has 0 aliphatic heterocycles. The number of quaternary nitrogens is 1. The van der Waals surface area contributed by atoms with Crippen LogP contribution >= 0.6 is 7.82 Å². The number of phosphoric acid groups is 1. The minimum absolute atomic E-state index is 0.0375. The lowest BCUT2D eigenvalue weighted by Gasteiger charge is -2.27. The lowest BCUT2D eigenvalue weighted by atomic mass is 10.0. The Labute approximate surface area is 465 Å². The average molecular weight is 1080 g/mol. The van der Waals surface area contributed by atoms with Crippen molar-refractivity contribution in [2.24, 2.45) is 0 Å². The zero-order valence-electron chi connectivity index (χ0n) is 50.3. The van der Waals surface area contributed by atoms with Crippen molar-refractivity contribution in [1.29, 1.82) is 0 Å². The number of rotatable bonds is 58. The number of unbranched alkanes of at least 4 members (excludes halogenated alkanes) is 36. The molecule has 0 aromatic rings. The molecule has 0 aliphatic carbocycles. The second-order valence-corrected chi connectivity index (χ2v) is 24.4. The lowest BCUT2D eigenvalue weighted by Crippen LogP contribution is -2.47. The summed E-state index contributed by atoms with van der Waals surface area (Å²) in [6.07, 6.45) is 68.3. The topological polar surface area (TPSA) is 111 Å². The third-order valence-electron chi connectivity index (χ3n) is 14.3. The van der Waals surface area contributed by atoms with Gasteiger partial charge >= 0.3 is 13.8 Å². The molecule has 2 N–H and O–H groups in total. The molecular weight excluding hydrogens is 952 g/mol. The van der Waals surface area contributed by atoms with E-state index in [1.165, 1.54) is 186 Å². The molecule has 440 valence electrons. The first-order valence-corrected chi connectivity index (χ1v) is 33.5. The van der Waals surface area contributed by atoms with Crippen LogP contribution in [-0.4, -0.2) is 74.3 Å². The molecule has 0 saturated carbocycles. The molecule has 1 amide bonds. The Bertz CT molecular complexity index is 1420. The van der Waals surface area contributed by atoms with Crippen LogP contribution in [0.3, 0.4) is 0 Å². The number of hydrogen-bond donors (Lipinski definition) is 2. The molecule has 0 radical (unpaired) electrons. The van der Waals surface area contributed by atoms with Gasteiger partial charge in [0.1, 0.15) is 19.3 Å². The lowest BCUT2D eigenvalue weighted by molar-refractivity contribution is -0.870. The number of nitrogens with zero attached hydrogens (tertiary/aromatic N) is 1. The molecular formula is C65H124N2O7P+. The largest absolute Gasteiger partial charge is 0.472 e. The first kappa shape index (κ1) is 73.0. The average Bonchev–Trinajstić information content (AvgIpc) is 3.37. The summed E-state index contributed by atoms with van der Waals surface area (Å²) in [7, 11) is 1.49. The van der Waals surface area contributed by atoms with E-state index < -0.39 is 20.0 Å². The highest BCUT2D eigenvalue weighted by Gasteiger charge is 2.30. The van der Waals surface area contributed by atoms with Gasteiger partial charge in [0.05, 0.1) is 33.8 Å². The van der Waals surface area contributed by atoms with Crippen molar-refractivity contribution in [2.45, 2.75) is 315 Å². The van der Waals surface area contributed by atoms with Crippen LogP contribution in [0.4, 0.5) is 0 Å². The van der Waals surface area contributed by atoms with Gasteiger partial charge < -0.3 is 19.4 Å². The summed E-state index contributed by atoms with van der Waals surface area (Å²) in [6, 6.07) is -0.855. The molecule has 0 aliphatic rings. The Balaban J connectivity index is 5.18. The van der Waals surface area contributed by atoms with Crippen LogP contribution in [0.15, 0.2) is 48.6 Å². The fourth-order valence-corrected chi connectivity index (χ4v) is 10.0. The molecule has 0 aromatic heterocycles. The van der Waals surface area contributed by atoms with Crippen LogP contribution in [-0.2, 0) is 27.9 Å². The number of likely N-dealkylation sites (N-methyl/N-ethyl adjacent to an activating group) is 1. The van der Waals surface area contributed by atoms with Gasteiger partial charge in [-0.05, 0) is 70.3 Å². The number of allylic oxidation sites excluding steroid dienone is 7. The summed E-state index contributed by atoms with van der Waals surface area (Å²) in [5, 5.41) is 3.06. The molecule has 9 nitrogen and oxygen atoms in total. The third-order valence-corrected chi connectivity index (χ3v) is 15.3. The van der Waals surface area contributed by atoms with Crippen molar-refractivity contribution < 1.29 is 37.3 Å². The van der Waals surface area contributed by atoms with Crippen LogP contribution in [0, 0.1) is 0 Å². The molecule has 0 spiro atoms. The van der Waals surface area contributed by atoms with Gasteiger partial charge in [-0.25, -0.2) is 4.57 Å². The Morgan fingerprint density at radius 2 is 0.813 bits per heavy atom. The van der Waals surface area contributed by atoms with Crippen molar-refractivity contribution >= 4 is 19.7 Å². The van der Waals surface area contributed by atoms with Gasteiger partial charge in [-0.2, -0.15) is 0 Å². The summed E-state index contributed by atoms with van der Waals surface area (Å²) >= 11 is 0. The quantitative estimate of drug-likeness (QED) is 0.0205. The highest BCUT2D eigenvalue weighted by Crippen LogP contribution is 2.43. The normalized spacial score (nSPS) is 14.0. The van der Waals surface area contributed by atoms with E-state index in [0.29, 0.717) is 23.9 Å². The number of carbonyl (C=O) groups excluding carboxylic acids is 2. The fourth-order valence-electron chi connectivity index (χ4n) is 9.30. The minimum atomic E-state index is -4.45. The molecule has 75 heavy (non-hydrogen) atoms. The van der Waals surface area contributed by atoms with E-state index in [4.69, 9.17) is 13.8 Å². The summed E-state index contributed by atoms with van der Waals surface area (Å²) in [5.41, 5.74) is 0. The highest BCUT2D eigenvalue weighted by atomic mass is 31.2. The molecule has 0 saturated heterocycles. The smallest absolute Gasteiger partial charge is 0.456 e. The number of hydrogen-bond acceptors (Lipinski definition) is 6. The Hall–Kier alpha value is -2.03. The number of esters is 1. The van der Waals surface area contributed by atoms with Gasteiger partial charge in [0.15, 0.2) is 0 Å². The minimum Gasteiger partial charge on any atom is -0.456 e. The summed E-state index contributed by atoms with van der Waals surface area (Å²) in [6.45, 7) is 7.00. The standard InChI is InChI=1S/C65H123N2O7P/c1-7-10-13-16-19-22-25-27-29-31-32-33-34-36-37-39-42-45-48-51-54-57-64(68)66-62(61-73-75(70,71)72-60-59-67(4,5)6)63(56-53-50-47-44-41-24-21-18-15-12-9-3)74-65(69)58-55-52-49-46-43-40-38-35-30-28-26-23-20-17-14-11-8-2/h20,23,28,30,38,40,53,56,62-63H,7-19,21-22,24-27,29,31-37,39,41-52,54-55,57-61H2,1-6H3,(H-,66,68,70,71)/p+1/b23-20-,30-28-,40-38-,56-53+. The van der Waals surface area contributed by atoms with Crippen molar-refractivity contribution in [2.75, 3.05) is 40.9 Å². The summed E-state index contributed by atoms with van der Waals surface area (Å²) < 4.78 is 30.7. The Kier molecular flexibility index (Phi) is 53.8. The van der Waals surface area contributed by atoms with Gasteiger partial charge in [0.2, 0.25) is 5.91 Å². The fraction of sp³-hybridized carbons (Fsp3) is 0.846. The van der Waals surface area contributed by atoms with E-state index in [1.54, 1.807) is 0 Å². The zero-order chi connectivity index (χ0) is 55.0. The van der Waals surface area contributed by atoms with E-state index in [-0.39, 0.29) is 31.5 Å². The molecule has 0 rings (SSSR count). The first-order chi connectivity index (χ1) is 36.4. The Morgan fingerprint density at radius 1 is 0.467 bits per heavy atom. The Morgan fingerprint density at radius 3 is 1.24 bits per heavy atom. The molecule has 0 fully saturated rings. The maximum Gasteiger partial charge on any atom is 0.472 e. The SMILES string of the molecule is CCCCC/C=C\C/C=C\C/C=C\CCCCCCC(=O)OC(/C=C/CCCCCCCCCCC)C(COP(=O)(O)OCC[N+](C)(C)C)NC(=O)CCCCCCCCCCCCCCCCCCCCCCC. The predicted octanol–water partition coefficient (Wildman–Crippen LogP) is 19.7. The van der Waals surface area contributed by atoms with Crippen molar-refractivity contribution in [1.82, 2.24) is 5.32 Å². The number of ether oxygens (including phenoxy) is 1. The van der Waals surface area contributed by atoms with Crippen LogP contribution in [0.25, 0.3) is 0 Å². The van der Waals surface area contributed by atoms with Crippen molar-refractivity contribution in [3.63, 3.8) is 0 Å². The molecule has 3 unspecified atom stereocenters. The zero-order valence-corrected chi connectivity index (χ0v) is 51.2. The van der Waals surface area contributed by atoms with Gasteiger partial charge in [0.25, 0.3) is 0 Å². The molecule has 0 bridgehead atoms. The second kappa shape index (κ2) is 55.3. The van der Waals surface area contributed by atoms with Gasteiger partial charge in [-0.15, -0.1) is 0 Å². The molecule has 3 atom stereocenters. The molecule has 10 heteroatoms. The maximum absolute atomic E-state index is 13.6. The van der Waals surface area contributed by atoms with Gasteiger partial charge in [-0.3, -0.25) is 18.6 Å². The molecule has 0 aromatic carbocycles. The van der Waals surface area contributed by atoms with E-state index in [1.807, 2.05) is 33.3 Å². The van der Waals surface area contributed by atoms with E-state index in [2.05, 4.69) is 62.5 Å². The van der Waals surface area contributed by atoms with Crippen molar-refractivity contribution in [3.8, 4) is 0 Å². The number of phosphoric ester groups is 1. The second-order valence-electron chi connectivity index (χ2n) is 22.9. The number of carbonyl (C=O) groups is 2. The van der Waals surface area contributed by atoms with Crippen LogP contribution in [0.5, 0.6) is 0 Å². The first-order valence-electron chi connectivity index (χ1n) is 32.0. The third kappa shape index (κ3) is 56.5. The monoisotopic (exact) mass is 1080 g/mol. The van der Waals surface area contributed by atoms with E-state index in [0.717, 1.165) is 77.0 Å². The van der Waals surface area contributed by atoms with Crippen LogP contribution in [0.1, 0.15) is 303 Å². The van der Waals surface area contributed by atoms with E-state index in [9.17, 15) is 19.0 Å². The summed E-state index contributed by atoms with van der Waals surface area (Å²) in [5.74, 6) is -0.519. The highest BCUT2D eigenvalue weighted by molar-refractivity contribution is 7.47. The number of amides is 1. The molecule has 0 heterocycles. The van der Waals surface area contributed by atoms with Gasteiger partial charge in [-0.1, -0.05) is 269 Å². The van der Waals surface area contributed by atoms with Crippen LogP contribution < -0.4 is 5.32 Å². The van der Waals surface area contributed by atoms with Gasteiger partial charge in [0, 0.05) is 12.8 Å². The van der Waals surface area contributed by atoms with E-state index >= 15 is 0 Å². The van der Waals surface area contributed by atoms with Crippen molar-refractivity contribution in [3.05, 3.63) is 48.6 Å². The maximum atomic E-state index is 13.6. The number of nitrogens with one attached hydrogen (secondary N) is 1. The van der Waals surface area contributed by atoms with Crippen LogP contribution in [0.2, 0.25) is 0 Å².